The number of carbonyl (C=O) groups is 1. The molecule has 1 aromatic carbocycles. The Morgan fingerprint density at radius 3 is 2.52 bits per heavy atom. The molecule has 2 aromatic rings. The van der Waals surface area contributed by atoms with E-state index in [9.17, 15) is 4.79 Å². The first-order valence-electron chi connectivity index (χ1n) is 10.1. The Balaban J connectivity index is 1.24. The van der Waals surface area contributed by atoms with Crippen LogP contribution < -0.4 is 5.32 Å². The lowest BCUT2D eigenvalue weighted by molar-refractivity contribution is 0.0701. The summed E-state index contributed by atoms with van der Waals surface area (Å²) < 4.78 is 5.03. The predicted octanol–water partition coefficient (Wildman–Crippen LogP) is 3.31. The summed E-state index contributed by atoms with van der Waals surface area (Å²) in [6.45, 7) is 6.19. The largest absolute Gasteiger partial charge is 0.472 e. The molecule has 4 rings (SSSR count). The van der Waals surface area contributed by atoms with Crippen molar-refractivity contribution in [3.05, 3.63) is 60.1 Å². The van der Waals surface area contributed by atoms with E-state index < -0.39 is 0 Å². The van der Waals surface area contributed by atoms with Gasteiger partial charge in [0.25, 0.3) is 5.91 Å². The summed E-state index contributed by atoms with van der Waals surface area (Å²) >= 11 is 0. The Bertz CT molecular complexity index is 723. The van der Waals surface area contributed by atoms with Gasteiger partial charge >= 0.3 is 0 Å². The zero-order chi connectivity index (χ0) is 18.6. The summed E-state index contributed by atoms with van der Waals surface area (Å²) in [5, 5.41) is 3.85. The van der Waals surface area contributed by atoms with Crippen molar-refractivity contribution in [2.75, 3.05) is 26.2 Å². The summed E-state index contributed by atoms with van der Waals surface area (Å²) in [4.78, 5) is 16.9. The number of rotatable bonds is 5. The molecule has 2 aliphatic rings. The fourth-order valence-corrected chi connectivity index (χ4v) is 4.37. The van der Waals surface area contributed by atoms with E-state index in [-0.39, 0.29) is 5.91 Å². The number of carbonyl (C=O) groups excluding carboxylic acids is 1. The van der Waals surface area contributed by atoms with E-state index in [0.717, 1.165) is 39.0 Å². The van der Waals surface area contributed by atoms with Gasteiger partial charge in [-0.15, -0.1) is 0 Å². The molecule has 5 nitrogen and oxygen atoms in total. The summed E-state index contributed by atoms with van der Waals surface area (Å²) in [6, 6.07) is 14.0. The second-order valence-corrected chi connectivity index (χ2v) is 7.81. The minimum absolute atomic E-state index is 0.0888. The number of furan rings is 1. The molecule has 5 heteroatoms. The average molecular weight is 367 g/mol. The van der Waals surface area contributed by atoms with Gasteiger partial charge in [-0.2, -0.15) is 0 Å². The maximum atomic E-state index is 12.4. The van der Waals surface area contributed by atoms with E-state index in [1.807, 2.05) is 4.90 Å². The van der Waals surface area contributed by atoms with Gasteiger partial charge in [-0.25, -0.2) is 0 Å². The third-order valence-electron chi connectivity index (χ3n) is 6.07. The number of piperidine rings is 1. The van der Waals surface area contributed by atoms with Crippen LogP contribution in [0, 0.1) is 0 Å². The smallest absolute Gasteiger partial charge is 0.257 e. The first-order valence-corrected chi connectivity index (χ1v) is 10.1. The quantitative estimate of drug-likeness (QED) is 0.881. The van der Waals surface area contributed by atoms with Crippen LogP contribution in [0.1, 0.15) is 48.1 Å². The van der Waals surface area contributed by atoms with Gasteiger partial charge in [0, 0.05) is 44.3 Å². The molecule has 0 unspecified atom stereocenters. The SMILES string of the molecule is C[C@@H](c1ccccc1)N1CC[C@H](NC2CCN(C(=O)c3ccoc3)CC2)C1. The molecule has 0 spiro atoms. The molecule has 3 heterocycles. The van der Waals surface area contributed by atoms with Gasteiger partial charge in [0.2, 0.25) is 0 Å². The highest BCUT2D eigenvalue weighted by Crippen LogP contribution is 2.25. The van der Waals surface area contributed by atoms with Gasteiger partial charge < -0.3 is 14.6 Å². The number of hydrogen-bond donors (Lipinski definition) is 1. The molecular weight excluding hydrogens is 338 g/mol. The van der Waals surface area contributed by atoms with Gasteiger partial charge in [-0.05, 0) is 37.8 Å². The number of nitrogens with one attached hydrogen (secondary N) is 1. The van der Waals surface area contributed by atoms with Gasteiger partial charge in [0.15, 0.2) is 0 Å². The van der Waals surface area contributed by atoms with E-state index in [1.165, 1.54) is 18.2 Å². The maximum Gasteiger partial charge on any atom is 0.257 e. The number of likely N-dealkylation sites (tertiary alicyclic amines) is 2. The molecule has 144 valence electrons. The van der Waals surface area contributed by atoms with Crippen LogP contribution in [0.15, 0.2) is 53.3 Å². The third-order valence-corrected chi connectivity index (χ3v) is 6.07. The Morgan fingerprint density at radius 1 is 1.07 bits per heavy atom. The lowest BCUT2D eigenvalue weighted by Gasteiger charge is -2.34. The lowest BCUT2D eigenvalue weighted by Crippen LogP contribution is -2.48. The van der Waals surface area contributed by atoms with Crippen molar-refractivity contribution in [2.24, 2.45) is 0 Å². The molecule has 0 bridgehead atoms. The van der Waals surface area contributed by atoms with Crippen LogP contribution in [0.5, 0.6) is 0 Å². The summed E-state index contributed by atoms with van der Waals surface area (Å²) in [6.07, 6.45) is 6.34. The molecular formula is C22H29N3O2. The molecule has 2 aliphatic heterocycles. The van der Waals surface area contributed by atoms with Crippen molar-refractivity contribution in [3.63, 3.8) is 0 Å². The maximum absolute atomic E-state index is 12.4. The van der Waals surface area contributed by atoms with Crippen molar-refractivity contribution in [3.8, 4) is 0 Å². The van der Waals surface area contributed by atoms with E-state index in [4.69, 9.17) is 4.42 Å². The van der Waals surface area contributed by atoms with Crippen LogP contribution in [-0.4, -0.2) is 54.0 Å². The topological polar surface area (TPSA) is 48.7 Å². The summed E-state index contributed by atoms with van der Waals surface area (Å²) in [7, 11) is 0. The van der Waals surface area contributed by atoms with Crippen molar-refractivity contribution in [1.82, 2.24) is 15.1 Å². The monoisotopic (exact) mass is 367 g/mol. The first-order chi connectivity index (χ1) is 13.2. The molecule has 2 saturated heterocycles. The fourth-order valence-electron chi connectivity index (χ4n) is 4.37. The zero-order valence-corrected chi connectivity index (χ0v) is 16.0. The van der Waals surface area contributed by atoms with Crippen LogP contribution in [0.2, 0.25) is 0 Å². The Morgan fingerprint density at radius 2 is 1.81 bits per heavy atom. The first kappa shape index (κ1) is 18.3. The van der Waals surface area contributed by atoms with E-state index in [2.05, 4.69) is 47.5 Å². The standard InChI is InChI=1S/C22H29N3O2/c1-17(18-5-3-2-4-6-18)25-13-9-21(15-25)23-20-7-11-24(12-8-20)22(26)19-10-14-27-16-19/h2-6,10,14,16-17,20-21,23H,7-9,11-13,15H2,1H3/t17-,21-/m0/s1. The van der Waals surface area contributed by atoms with E-state index in [1.54, 1.807) is 12.3 Å². The summed E-state index contributed by atoms with van der Waals surface area (Å²) in [5.74, 6) is 0.0888. The molecule has 0 saturated carbocycles. The van der Waals surface area contributed by atoms with Crippen LogP contribution >= 0.6 is 0 Å². The third kappa shape index (κ3) is 4.25. The van der Waals surface area contributed by atoms with E-state index in [0.29, 0.717) is 23.7 Å². The number of hydrogen-bond acceptors (Lipinski definition) is 4. The Hall–Kier alpha value is -2.11. The molecule has 27 heavy (non-hydrogen) atoms. The Kier molecular flexibility index (Phi) is 5.60. The second kappa shape index (κ2) is 8.28. The van der Waals surface area contributed by atoms with Gasteiger partial charge in [-0.3, -0.25) is 9.69 Å². The van der Waals surface area contributed by atoms with Gasteiger partial charge in [0.1, 0.15) is 6.26 Å². The number of nitrogens with zero attached hydrogens (tertiary/aromatic N) is 2. The van der Waals surface area contributed by atoms with Crippen LogP contribution in [0.25, 0.3) is 0 Å². The molecule has 0 radical (unpaired) electrons. The molecule has 1 N–H and O–H groups in total. The van der Waals surface area contributed by atoms with Crippen molar-refractivity contribution in [2.45, 2.75) is 44.3 Å². The number of benzene rings is 1. The Labute approximate surface area is 161 Å². The van der Waals surface area contributed by atoms with Crippen LogP contribution in [0.3, 0.4) is 0 Å². The van der Waals surface area contributed by atoms with Gasteiger partial charge in [0.05, 0.1) is 11.8 Å². The normalized spacial score (nSPS) is 22.9. The fraction of sp³-hybridized carbons (Fsp3) is 0.500. The van der Waals surface area contributed by atoms with Crippen molar-refractivity contribution in [1.29, 1.82) is 0 Å². The number of amides is 1. The summed E-state index contributed by atoms with van der Waals surface area (Å²) in [5.41, 5.74) is 2.05. The highest BCUT2D eigenvalue weighted by atomic mass is 16.3. The van der Waals surface area contributed by atoms with Crippen molar-refractivity contribution >= 4 is 5.91 Å². The highest BCUT2D eigenvalue weighted by molar-refractivity contribution is 5.93. The highest BCUT2D eigenvalue weighted by Gasteiger charge is 2.30. The lowest BCUT2D eigenvalue weighted by atomic mass is 10.0. The molecule has 2 atom stereocenters. The average Bonchev–Trinajstić information content (AvgIpc) is 3.40. The van der Waals surface area contributed by atoms with Gasteiger partial charge in [-0.1, -0.05) is 30.3 Å². The van der Waals surface area contributed by atoms with Crippen molar-refractivity contribution < 1.29 is 9.21 Å². The van der Waals surface area contributed by atoms with Crippen LogP contribution in [-0.2, 0) is 0 Å². The molecule has 2 fully saturated rings. The molecule has 0 aliphatic carbocycles. The predicted molar refractivity (Wildman–Crippen MR) is 106 cm³/mol. The minimum Gasteiger partial charge on any atom is -0.472 e. The second-order valence-electron chi connectivity index (χ2n) is 7.81. The van der Waals surface area contributed by atoms with E-state index >= 15 is 0 Å². The zero-order valence-electron chi connectivity index (χ0n) is 16.0. The van der Waals surface area contributed by atoms with Crippen LogP contribution in [0.4, 0.5) is 0 Å². The minimum atomic E-state index is 0.0888. The molecule has 1 aromatic heterocycles. The molecule has 1 amide bonds.